The molecule has 0 saturated carbocycles. The normalized spacial score (nSPS) is 26.8. The van der Waals surface area contributed by atoms with E-state index >= 15 is 19.2 Å². The number of rotatable bonds is 20. The summed E-state index contributed by atoms with van der Waals surface area (Å²) in [5, 5.41) is 130. The smallest absolute Gasteiger partial charge is 0.336 e. The van der Waals surface area contributed by atoms with Crippen molar-refractivity contribution in [2.75, 3.05) is 20.3 Å². The number of amides is 5. The molecule has 0 aromatic heterocycles. The monoisotopic (exact) mass is 1730 g/mol. The molecule has 11 bridgehead atoms. The van der Waals surface area contributed by atoms with Gasteiger partial charge in [-0.15, -0.1) is 0 Å². The fourth-order valence-electron chi connectivity index (χ4n) is 15.3. The number of carboxylic acids is 1. The molecule has 0 aliphatic carbocycles. The highest BCUT2D eigenvalue weighted by Crippen LogP contribution is 2.51. The van der Waals surface area contributed by atoms with E-state index < -0.39 is 262 Å². The first-order valence-electron chi connectivity index (χ1n) is 38.4. The Morgan fingerprint density at radius 1 is 0.694 bits per heavy atom. The number of esters is 1. The van der Waals surface area contributed by atoms with E-state index in [-0.39, 0.29) is 59.4 Å². The van der Waals surface area contributed by atoms with Crippen LogP contribution in [0.4, 0.5) is 0 Å². The number of carbonyl (C=O) groups is 9. The van der Waals surface area contributed by atoms with Crippen molar-refractivity contribution in [1.29, 1.82) is 0 Å². The highest BCUT2D eigenvalue weighted by molar-refractivity contribution is 6.32. The number of methoxy groups -OCH3 is 1. The number of aliphatic hydroxyl groups excluding tert-OH is 6. The zero-order valence-electron chi connectivity index (χ0n) is 65.5. The third-order valence-corrected chi connectivity index (χ3v) is 22.6. The molecule has 12 unspecified atom stereocenters. The number of phenols is 3. The largest absolute Gasteiger partial charge is 0.508 e. The lowest BCUT2D eigenvalue weighted by molar-refractivity contribution is -0.334. The predicted molar refractivity (Wildman–Crippen MR) is 428 cm³/mol. The Morgan fingerprint density at radius 3 is 1.93 bits per heavy atom. The Bertz CT molecular complexity index is 5110. The summed E-state index contributed by atoms with van der Waals surface area (Å²) in [5.41, 5.74) is 10.5. The number of aliphatic hydroxyl groups is 6. The number of nitrogens with two attached hydrogens (primary N) is 2. The van der Waals surface area contributed by atoms with Crippen LogP contribution >= 0.6 is 34.8 Å². The van der Waals surface area contributed by atoms with Crippen LogP contribution in [0, 0.1) is 11.8 Å². The van der Waals surface area contributed by atoms with E-state index in [1.54, 1.807) is 32.9 Å². The molecule has 19 atom stereocenters. The van der Waals surface area contributed by atoms with Gasteiger partial charge in [0.05, 0.1) is 60.5 Å². The van der Waals surface area contributed by atoms with Gasteiger partial charge in [0, 0.05) is 65.5 Å². The number of fused-ring (bicyclic) bond motifs is 15. The van der Waals surface area contributed by atoms with Gasteiger partial charge in [0.25, 0.3) is 0 Å². The molecule has 5 amide bonds. The summed E-state index contributed by atoms with van der Waals surface area (Å²) in [6.45, 7) is 5.24. The molecule has 7 aliphatic heterocycles. The lowest BCUT2D eigenvalue weighted by Gasteiger charge is -2.48. The molecule has 7 heterocycles. The van der Waals surface area contributed by atoms with Gasteiger partial charge < -0.3 is 127 Å². The van der Waals surface area contributed by atoms with Gasteiger partial charge in [0.2, 0.25) is 41.6 Å². The third kappa shape index (κ3) is 20.1. The second-order valence-electron chi connectivity index (χ2n) is 30.9. The molecule has 37 heteroatoms. The Hall–Kier alpha value is -10.6. The van der Waals surface area contributed by atoms with Crippen molar-refractivity contribution in [3.8, 4) is 68.2 Å². The Kier molecular flexibility index (Phi) is 28.0. The van der Waals surface area contributed by atoms with Crippen LogP contribution in [0.25, 0.3) is 22.3 Å². The molecular weight excluding hydrogens is 1650 g/mol. The van der Waals surface area contributed by atoms with Gasteiger partial charge in [-0.05, 0) is 132 Å². The summed E-state index contributed by atoms with van der Waals surface area (Å²) in [7, 11) is 1.17. The first kappa shape index (κ1) is 89.6. The van der Waals surface area contributed by atoms with Crippen molar-refractivity contribution in [3.05, 3.63) is 176 Å². The number of halogens is 3. The quantitative estimate of drug-likeness (QED) is 0.0417. The molecule has 7 aromatic rings. The van der Waals surface area contributed by atoms with Crippen LogP contribution in [-0.2, 0) is 73.4 Å². The second kappa shape index (κ2) is 37.8. The van der Waals surface area contributed by atoms with Gasteiger partial charge in [-0.3, -0.25) is 33.6 Å². The first-order chi connectivity index (χ1) is 57.4. The van der Waals surface area contributed by atoms with Crippen molar-refractivity contribution < 1.29 is 132 Å². The number of aliphatic carboxylic acids is 1. The van der Waals surface area contributed by atoms with E-state index in [1.807, 2.05) is 36.4 Å². The van der Waals surface area contributed by atoms with E-state index in [0.717, 1.165) is 77.9 Å². The summed E-state index contributed by atoms with van der Waals surface area (Å²) >= 11 is 20.4. The molecule has 0 radical (unpaired) electrons. The number of carbonyl (C=O) groups excluding carboxylic acids is 8. The zero-order valence-corrected chi connectivity index (χ0v) is 67.7. The van der Waals surface area contributed by atoms with E-state index in [2.05, 4.69) is 26.6 Å². The summed E-state index contributed by atoms with van der Waals surface area (Å²) in [5.74, 6) is -20.2. The average Bonchev–Trinajstić information content (AvgIpc) is 0.765. The topological polar surface area (TPSA) is 542 Å². The van der Waals surface area contributed by atoms with Gasteiger partial charge in [0.15, 0.2) is 47.6 Å². The molecule has 121 heavy (non-hydrogen) atoms. The Labute approximate surface area is 706 Å². The molecule has 7 aromatic carbocycles. The third-order valence-electron chi connectivity index (χ3n) is 21.8. The van der Waals surface area contributed by atoms with Gasteiger partial charge in [-0.2, -0.15) is 0 Å². The number of carboxylic acid groups (broad SMARTS) is 1. The van der Waals surface area contributed by atoms with Crippen molar-refractivity contribution >= 4 is 87.8 Å². The minimum Gasteiger partial charge on any atom is -0.508 e. The van der Waals surface area contributed by atoms with Gasteiger partial charge in [0.1, 0.15) is 77.4 Å². The minimum atomic E-state index is -2.28. The van der Waals surface area contributed by atoms with Crippen LogP contribution in [0.5, 0.6) is 46.0 Å². The SMILES string of the molecule is COC(=O)C(CNC1(C)CC(OC2C(Oc3c4cc5cc3Oc3ccc(cc3Cl)[C@@H](O)[C@@H]3NC(=O)C(CC(=O)[C@@H]5NC(=O)[C@H](CC(N)=O)CC(=O)C(NC(=O)[C@H](N)CC(C)C)[C@H](O)c5ccc(c(Cl)c5)O4)c4ccc(O)c(c4)-c4c(O)cc(O)cc4[C@H](C(=O)O)NC3=O)OC(CO)C(O)C2O)OC(C)C1O)OCc1ccc(-c2ccc(Cl)cc2)cc1. The number of Topliss-reactive ketones (excluding diaryl/α,β-unsaturated/α-hetero) is 2. The molecule has 14 rings (SSSR count). The number of nitrogens with one attached hydrogen (secondary N) is 5. The number of aromatic hydroxyl groups is 3. The molecule has 2 saturated heterocycles. The molecular formula is C84H90Cl3N7O27. The summed E-state index contributed by atoms with van der Waals surface area (Å²) in [6, 6.07) is 18.4. The fourth-order valence-corrected chi connectivity index (χ4v) is 15.8. The fraction of sp³-hybridized carbons (Fsp3) is 0.393. The molecule has 644 valence electrons. The van der Waals surface area contributed by atoms with Crippen molar-refractivity contribution in [2.24, 2.45) is 23.3 Å². The summed E-state index contributed by atoms with van der Waals surface area (Å²) < 4.78 is 50.7. The number of primary amides is 1. The molecule has 0 spiro atoms. The molecule has 19 N–H and O–H groups in total. The average molecular weight is 1740 g/mol. The van der Waals surface area contributed by atoms with E-state index in [1.165, 1.54) is 26.2 Å². The van der Waals surface area contributed by atoms with Crippen LogP contribution in [0.3, 0.4) is 0 Å². The number of benzene rings is 7. The van der Waals surface area contributed by atoms with Crippen LogP contribution in [-0.4, -0.2) is 203 Å². The number of phenolic OH excluding ortho intramolecular Hbond substituents is 3. The summed E-state index contributed by atoms with van der Waals surface area (Å²) in [4.78, 5) is 132. The van der Waals surface area contributed by atoms with Gasteiger partial charge in [-0.1, -0.05) is 103 Å². The lowest BCUT2D eigenvalue weighted by Crippen LogP contribution is -2.66. The van der Waals surface area contributed by atoms with E-state index in [9.17, 15) is 75.0 Å². The molecule has 34 nitrogen and oxygen atoms in total. The van der Waals surface area contributed by atoms with Crippen molar-refractivity contribution in [3.63, 3.8) is 0 Å². The summed E-state index contributed by atoms with van der Waals surface area (Å²) in [6.07, 6.45) is -23.0. The second-order valence-corrected chi connectivity index (χ2v) is 32.1. The lowest BCUT2D eigenvalue weighted by atomic mass is 9.84. The van der Waals surface area contributed by atoms with Crippen LogP contribution < -0.4 is 52.3 Å². The maximum absolute atomic E-state index is 16.3. The zero-order chi connectivity index (χ0) is 87.5. The standard InChI is InChI=1S/C84H90Cl3N7O27/c1-35(2)20-52(88)79(109)93-68-55(99)24-44(27-63(89)101)77(107)91-66-43-25-59(117-57-18-13-41(70(68)102)22-50(57)86)74(121-83-75(73(105)72(104)62(33-95)119-83)120-64-31-84(4,76(106)36(3)116-64)90-32-61(82(113)114-5)115-34-37-6-8-38(9-7-37)39-10-15-45(85)16-11-39)60(26-43)118-58-19-14-42(23-51(58)87)71(103)69-80(110)92-67(81(111)112)49-28-46(96)29-54(98)65(49)48-21-40(12-17-53(48)97)47(30-56(66)100)78(108)94-69/h6-19,21-23,25-26,28-29,35-36,44,47,52,61-62,64,66-73,75-76,83,90,95-98,102-106H,20,24,27,30-34,88H2,1-5H3,(H2,89,101)(H,91,107)(H,92,110)(H,93,109)(H,94,108)(H,111,112)/t36?,44-,47?,52+,61?,62?,64?,66+,67+,68?,69-,70+,71+,72?,73?,75?,76?,83?,84?/m0/s1. The number of hydrogen-bond acceptors (Lipinski definition) is 28. The van der Waals surface area contributed by atoms with Crippen LogP contribution in [0.1, 0.15) is 123 Å². The van der Waals surface area contributed by atoms with Crippen molar-refractivity contribution in [1.82, 2.24) is 26.6 Å². The molecule has 2 fully saturated rings. The van der Waals surface area contributed by atoms with Crippen molar-refractivity contribution in [2.45, 2.75) is 176 Å². The van der Waals surface area contributed by atoms with Gasteiger partial charge in [-0.25, -0.2) is 9.59 Å². The number of ether oxygens (including phenoxy) is 8. The number of hydrogen-bond donors (Lipinski definition) is 17. The van der Waals surface area contributed by atoms with E-state index in [0.29, 0.717) is 10.6 Å². The van der Waals surface area contributed by atoms with Gasteiger partial charge >= 0.3 is 11.9 Å². The maximum atomic E-state index is 16.3. The predicted octanol–water partition coefficient (Wildman–Crippen LogP) is 5.53. The van der Waals surface area contributed by atoms with Crippen LogP contribution in [0.2, 0.25) is 15.1 Å². The molecule has 7 aliphatic rings. The first-order valence-corrected chi connectivity index (χ1v) is 39.5. The van der Waals surface area contributed by atoms with E-state index in [4.69, 9.17) is 84.2 Å². The number of ketones is 2. The maximum Gasteiger partial charge on any atom is 0.336 e. The highest BCUT2D eigenvalue weighted by atomic mass is 35.5. The minimum absolute atomic E-state index is 0.0716. The Morgan fingerprint density at radius 2 is 1.32 bits per heavy atom. The Balaban J connectivity index is 1.01. The highest BCUT2D eigenvalue weighted by Gasteiger charge is 2.53. The van der Waals surface area contributed by atoms with Crippen LogP contribution in [0.15, 0.2) is 127 Å².